The Kier molecular flexibility index (Phi) is 6.63. The van der Waals surface area contributed by atoms with Crippen molar-refractivity contribution in [2.75, 3.05) is 18.0 Å². The molecule has 0 saturated carbocycles. The van der Waals surface area contributed by atoms with Crippen molar-refractivity contribution in [1.29, 1.82) is 0 Å². The minimum Gasteiger partial charge on any atom is -0.457 e. The predicted molar refractivity (Wildman–Crippen MR) is 114 cm³/mol. The van der Waals surface area contributed by atoms with E-state index in [1.54, 1.807) is 17.0 Å². The Hall–Kier alpha value is -3.60. The number of benzene rings is 3. The Labute approximate surface area is 170 Å². The fourth-order valence-corrected chi connectivity index (χ4v) is 2.88. The van der Waals surface area contributed by atoms with E-state index in [-0.39, 0.29) is 11.8 Å². The molecule has 1 N–H and O–H groups in total. The van der Waals surface area contributed by atoms with Gasteiger partial charge in [-0.25, -0.2) is 0 Å². The van der Waals surface area contributed by atoms with Gasteiger partial charge in [0.05, 0.1) is 0 Å². The van der Waals surface area contributed by atoms with E-state index in [0.29, 0.717) is 24.4 Å². The summed E-state index contributed by atoms with van der Waals surface area (Å²) >= 11 is 0. The molecule has 0 aromatic heterocycles. The standard InChI is InChI=1S/C24H24N2O3/c1-18-8-10-20(11-9-18)24(28)25-16-17-26(19(2)27)21-12-14-23(15-13-21)29-22-6-4-3-5-7-22/h3-15H,16-17H2,1-2H3,(H,25,28). The largest absolute Gasteiger partial charge is 0.457 e. The van der Waals surface area contributed by atoms with Crippen molar-refractivity contribution in [1.82, 2.24) is 5.32 Å². The van der Waals surface area contributed by atoms with Gasteiger partial charge in [0, 0.05) is 31.3 Å². The first-order valence-electron chi connectivity index (χ1n) is 9.49. The molecule has 5 heteroatoms. The highest BCUT2D eigenvalue weighted by Crippen LogP contribution is 2.24. The molecular weight excluding hydrogens is 364 g/mol. The summed E-state index contributed by atoms with van der Waals surface area (Å²) in [4.78, 5) is 25.9. The van der Waals surface area contributed by atoms with Gasteiger partial charge in [-0.2, -0.15) is 0 Å². The minimum atomic E-state index is -0.153. The molecule has 0 aliphatic carbocycles. The van der Waals surface area contributed by atoms with Crippen LogP contribution in [0.5, 0.6) is 11.5 Å². The van der Waals surface area contributed by atoms with E-state index in [9.17, 15) is 9.59 Å². The van der Waals surface area contributed by atoms with Crippen molar-refractivity contribution in [2.45, 2.75) is 13.8 Å². The highest BCUT2D eigenvalue weighted by Gasteiger charge is 2.12. The van der Waals surface area contributed by atoms with Crippen molar-refractivity contribution in [3.8, 4) is 11.5 Å². The van der Waals surface area contributed by atoms with E-state index < -0.39 is 0 Å². The van der Waals surface area contributed by atoms with Gasteiger partial charge in [-0.1, -0.05) is 35.9 Å². The third-order valence-electron chi connectivity index (χ3n) is 4.44. The van der Waals surface area contributed by atoms with Crippen LogP contribution >= 0.6 is 0 Å². The number of anilines is 1. The van der Waals surface area contributed by atoms with Gasteiger partial charge < -0.3 is 15.0 Å². The molecule has 5 nitrogen and oxygen atoms in total. The fraction of sp³-hybridized carbons (Fsp3) is 0.167. The first-order chi connectivity index (χ1) is 14.0. The van der Waals surface area contributed by atoms with Gasteiger partial charge in [0.15, 0.2) is 0 Å². The second-order valence-corrected chi connectivity index (χ2v) is 6.70. The summed E-state index contributed by atoms with van der Waals surface area (Å²) in [5.74, 6) is 1.20. The zero-order valence-electron chi connectivity index (χ0n) is 16.6. The summed E-state index contributed by atoms with van der Waals surface area (Å²) < 4.78 is 5.78. The quantitative estimate of drug-likeness (QED) is 0.645. The Morgan fingerprint density at radius 3 is 2.10 bits per heavy atom. The lowest BCUT2D eigenvalue weighted by Crippen LogP contribution is -2.37. The lowest BCUT2D eigenvalue weighted by molar-refractivity contribution is -0.116. The molecule has 0 heterocycles. The molecule has 0 aliphatic heterocycles. The normalized spacial score (nSPS) is 10.3. The lowest BCUT2D eigenvalue weighted by Gasteiger charge is -2.21. The van der Waals surface area contributed by atoms with Gasteiger partial charge in [-0.05, 0) is 55.5 Å². The van der Waals surface area contributed by atoms with Crippen LogP contribution in [0.3, 0.4) is 0 Å². The van der Waals surface area contributed by atoms with Crippen LogP contribution in [0.1, 0.15) is 22.8 Å². The summed E-state index contributed by atoms with van der Waals surface area (Å²) in [6.45, 7) is 4.22. The molecule has 0 fully saturated rings. The number of rotatable bonds is 7. The van der Waals surface area contributed by atoms with Crippen LogP contribution in [0.4, 0.5) is 5.69 Å². The molecule has 0 radical (unpaired) electrons. The molecule has 148 valence electrons. The molecule has 0 unspecified atom stereocenters. The molecule has 3 aromatic rings. The lowest BCUT2D eigenvalue weighted by atomic mass is 10.1. The van der Waals surface area contributed by atoms with Crippen LogP contribution in [-0.2, 0) is 4.79 Å². The Morgan fingerprint density at radius 1 is 0.862 bits per heavy atom. The third kappa shape index (κ3) is 5.69. The maximum atomic E-state index is 12.2. The maximum absolute atomic E-state index is 12.2. The number of amides is 2. The first-order valence-corrected chi connectivity index (χ1v) is 9.49. The summed E-state index contributed by atoms with van der Waals surface area (Å²) in [5, 5.41) is 2.86. The van der Waals surface area contributed by atoms with Crippen molar-refractivity contribution >= 4 is 17.5 Å². The SMILES string of the molecule is CC(=O)N(CCNC(=O)c1ccc(C)cc1)c1ccc(Oc2ccccc2)cc1. The minimum absolute atomic E-state index is 0.0914. The summed E-state index contributed by atoms with van der Waals surface area (Å²) in [7, 11) is 0. The van der Waals surface area contributed by atoms with E-state index in [0.717, 1.165) is 17.0 Å². The number of nitrogens with zero attached hydrogens (tertiary/aromatic N) is 1. The van der Waals surface area contributed by atoms with Crippen molar-refractivity contribution in [3.63, 3.8) is 0 Å². The zero-order valence-corrected chi connectivity index (χ0v) is 16.6. The van der Waals surface area contributed by atoms with Crippen molar-refractivity contribution in [3.05, 3.63) is 90.0 Å². The zero-order chi connectivity index (χ0) is 20.6. The van der Waals surface area contributed by atoms with Crippen LogP contribution in [0.15, 0.2) is 78.9 Å². The number of para-hydroxylation sites is 1. The Bertz CT molecular complexity index is 952. The third-order valence-corrected chi connectivity index (χ3v) is 4.44. The summed E-state index contributed by atoms with van der Waals surface area (Å²) in [5.41, 5.74) is 2.46. The molecule has 0 spiro atoms. The monoisotopic (exact) mass is 388 g/mol. The molecule has 0 aliphatic rings. The first kappa shape index (κ1) is 20.1. The number of hydrogen-bond acceptors (Lipinski definition) is 3. The van der Waals surface area contributed by atoms with Gasteiger partial charge in [0.1, 0.15) is 11.5 Å². The number of aryl methyl sites for hydroxylation is 1. The Morgan fingerprint density at radius 2 is 1.48 bits per heavy atom. The summed E-state index contributed by atoms with van der Waals surface area (Å²) in [6.07, 6.45) is 0. The number of hydrogen-bond donors (Lipinski definition) is 1. The maximum Gasteiger partial charge on any atom is 0.251 e. The number of carbonyl (C=O) groups is 2. The number of nitrogens with one attached hydrogen (secondary N) is 1. The van der Waals surface area contributed by atoms with Crippen LogP contribution in [0.25, 0.3) is 0 Å². The smallest absolute Gasteiger partial charge is 0.251 e. The fourth-order valence-electron chi connectivity index (χ4n) is 2.88. The summed E-state index contributed by atoms with van der Waals surface area (Å²) in [6, 6.07) is 24.2. The molecule has 3 aromatic carbocycles. The molecule has 0 atom stereocenters. The van der Waals surface area contributed by atoms with E-state index >= 15 is 0 Å². The average Bonchev–Trinajstić information content (AvgIpc) is 2.73. The average molecular weight is 388 g/mol. The number of carbonyl (C=O) groups excluding carboxylic acids is 2. The van der Waals surface area contributed by atoms with E-state index in [1.165, 1.54) is 6.92 Å². The van der Waals surface area contributed by atoms with Crippen LogP contribution in [0, 0.1) is 6.92 Å². The van der Waals surface area contributed by atoms with Crippen LogP contribution in [-0.4, -0.2) is 24.9 Å². The van der Waals surface area contributed by atoms with Gasteiger partial charge >= 0.3 is 0 Å². The topological polar surface area (TPSA) is 58.6 Å². The van der Waals surface area contributed by atoms with Gasteiger partial charge in [0.25, 0.3) is 5.91 Å². The van der Waals surface area contributed by atoms with Crippen LogP contribution < -0.4 is 15.0 Å². The van der Waals surface area contributed by atoms with Gasteiger partial charge in [0.2, 0.25) is 5.91 Å². The predicted octanol–water partition coefficient (Wildman–Crippen LogP) is 4.57. The van der Waals surface area contributed by atoms with Crippen molar-refractivity contribution < 1.29 is 14.3 Å². The molecule has 0 saturated heterocycles. The van der Waals surface area contributed by atoms with E-state index in [1.807, 2.05) is 73.7 Å². The Balaban J connectivity index is 1.58. The molecule has 0 bridgehead atoms. The molecular formula is C24H24N2O3. The van der Waals surface area contributed by atoms with Crippen LogP contribution in [0.2, 0.25) is 0 Å². The second kappa shape index (κ2) is 9.55. The highest BCUT2D eigenvalue weighted by atomic mass is 16.5. The van der Waals surface area contributed by atoms with E-state index in [4.69, 9.17) is 4.74 Å². The van der Waals surface area contributed by atoms with Gasteiger partial charge in [-0.3, -0.25) is 9.59 Å². The molecule has 3 rings (SSSR count). The van der Waals surface area contributed by atoms with Crippen molar-refractivity contribution in [2.24, 2.45) is 0 Å². The molecule has 2 amide bonds. The second-order valence-electron chi connectivity index (χ2n) is 6.70. The van der Waals surface area contributed by atoms with Gasteiger partial charge in [-0.15, -0.1) is 0 Å². The highest BCUT2D eigenvalue weighted by molar-refractivity contribution is 5.94. The molecule has 29 heavy (non-hydrogen) atoms. The van der Waals surface area contributed by atoms with E-state index in [2.05, 4.69) is 5.32 Å². The number of ether oxygens (including phenoxy) is 1.